The van der Waals surface area contributed by atoms with Gasteiger partial charge in [-0.1, -0.05) is 13.8 Å². The van der Waals surface area contributed by atoms with Crippen LogP contribution in [0.5, 0.6) is 6.01 Å². The van der Waals surface area contributed by atoms with Gasteiger partial charge in [-0.05, 0) is 19.8 Å². The Morgan fingerprint density at radius 3 is 2.35 bits per heavy atom. The summed E-state index contributed by atoms with van der Waals surface area (Å²) in [6, 6.07) is 0.341. The van der Waals surface area contributed by atoms with Crippen LogP contribution in [0.2, 0.25) is 0 Å². The third kappa shape index (κ3) is 6.01. The van der Waals surface area contributed by atoms with Crippen molar-refractivity contribution in [2.75, 3.05) is 37.4 Å². The first-order chi connectivity index (χ1) is 9.69. The quantitative estimate of drug-likeness (QED) is 0.679. The van der Waals surface area contributed by atoms with Crippen LogP contribution in [0.1, 0.15) is 33.6 Å². The van der Waals surface area contributed by atoms with Gasteiger partial charge in [0.25, 0.3) is 0 Å². The van der Waals surface area contributed by atoms with E-state index in [-0.39, 0.29) is 6.10 Å². The van der Waals surface area contributed by atoms with Crippen molar-refractivity contribution in [2.24, 2.45) is 0 Å². The molecule has 0 aliphatic carbocycles. The molecule has 0 bridgehead atoms. The van der Waals surface area contributed by atoms with E-state index in [1.165, 1.54) is 0 Å². The highest BCUT2D eigenvalue weighted by atomic mass is 16.5. The van der Waals surface area contributed by atoms with Crippen molar-refractivity contribution >= 4 is 11.9 Å². The van der Waals surface area contributed by atoms with Crippen molar-refractivity contribution < 1.29 is 9.47 Å². The number of anilines is 2. The molecule has 0 aromatic carbocycles. The van der Waals surface area contributed by atoms with Crippen molar-refractivity contribution in [2.45, 2.75) is 39.7 Å². The topological polar surface area (TPSA) is 81.2 Å². The highest BCUT2D eigenvalue weighted by Crippen LogP contribution is 2.11. The van der Waals surface area contributed by atoms with Crippen LogP contribution in [0.15, 0.2) is 0 Å². The Kier molecular flexibility index (Phi) is 7.64. The molecule has 0 saturated carbocycles. The molecule has 1 aromatic heterocycles. The molecule has 0 radical (unpaired) electrons. The molecule has 1 atom stereocenters. The van der Waals surface area contributed by atoms with E-state index in [2.05, 4.69) is 32.5 Å². The van der Waals surface area contributed by atoms with Gasteiger partial charge in [0, 0.05) is 20.2 Å². The summed E-state index contributed by atoms with van der Waals surface area (Å²) in [7, 11) is 1.67. The van der Waals surface area contributed by atoms with E-state index in [0.717, 1.165) is 19.4 Å². The van der Waals surface area contributed by atoms with E-state index in [0.29, 0.717) is 31.1 Å². The Morgan fingerprint density at radius 1 is 1.05 bits per heavy atom. The van der Waals surface area contributed by atoms with E-state index in [4.69, 9.17) is 9.47 Å². The minimum Gasteiger partial charge on any atom is -0.463 e. The molecule has 2 N–H and O–H groups in total. The van der Waals surface area contributed by atoms with Crippen molar-refractivity contribution in [1.82, 2.24) is 15.0 Å². The Morgan fingerprint density at radius 2 is 1.75 bits per heavy atom. The van der Waals surface area contributed by atoms with Gasteiger partial charge >= 0.3 is 6.01 Å². The van der Waals surface area contributed by atoms with Crippen LogP contribution < -0.4 is 15.4 Å². The average Bonchev–Trinajstić information content (AvgIpc) is 2.48. The van der Waals surface area contributed by atoms with E-state index < -0.39 is 0 Å². The Balaban J connectivity index is 2.73. The van der Waals surface area contributed by atoms with Crippen LogP contribution in [0.25, 0.3) is 0 Å². The number of nitrogens with zero attached hydrogens (tertiary/aromatic N) is 3. The molecule has 1 rings (SSSR count). The first kappa shape index (κ1) is 16.4. The van der Waals surface area contributed by atoms with E-state index in [9.17, 15) is 0 Å². The molecule has 1 unspecified atom stereocenters. The van der Waals surface area contributed by atoms with Gasteiger partial charge in [0.05, 0.1) is 12.7 Å². The smallest absolute Gasteiger partial charge is 0.323 e. The van der Waals surface area contributed by atoms with Crippen molar-refractivity contribution in [3.8, 4) is 6.01 Å². The van der Waals surface area contributed by atoms with Gasteiger partial charge < -0.3 is 20.1 Å². The third-order valence-corrected chi connectivity index (χ3v) is 2.53. The lowest BCUT2D eigenvalue weighted by atomic mass is 10.4. The summed E-state index contributed by atoms with van der Waals surface area (Å²) in [4.78, 5) is 12.8. The molecule has 7 nitrogen and oxygen atoms in total. The Hall–Kier alpha value is -1.63. The zero-order valence-electron chi connectivity index (χ0n) is 12.8. The van der Waals surface area contributed by atoms with Gasteiger partial charge in [-0.15, -0.1) is 0 Å². The zero-order valence-corrected chi connectivity index (χ0v) is 12.8. The second-order valence-corrected chi connectivity index (χ2v) is 4.47. The van der Waals surface area contributed by atoms with Gasteiger partial charge in [-0.3, -0.25) is 0 Å². The monoisotopic (exact) mass is 283 g/mol. The standard InChI is InChI=1S/C13H25N5O2/c1-5-7-14-11-16-12(15-9-10(3)19-4)18-13(17-11)20-8-6-2/h10H,5-9H2,1-4H3,(H2,14,15,16,17,18). The highest BCUT2D eigenvalue weighted by molar-refractivity contribution is 5.35. The number of ether oxygens (including phenoxy) is 2. The lowest BCUT2D eigenvalue weighted by Crippen LogP contribution is -2.20. The molecule has 0 spiro atoms. The maximum absolute atomic E-state index is 5.48. The summed E-state index contributed by atoms with van der Waals surface area (Å²) in [6.45, 7) is 8.12. The number of rotatable bonds is 10. The van der Waals surface area contributed by atoms with E-state index >= 15 is 0 Å². The predicted octanol–water partition coefficient (Wildman–Crippen LogP) is 1.93. The molecule has 1 heterocycles. The van der Waals surface area contributed by atoms with Crippen LogP contribution in [0.3, 0.4) is 0 Å². The fourth-order valence-corrected chi connectivity index (χ4v) is 1.33. The van der Waals surface area contributed by atoms with Gasteiger partial charge in [0.2, 0.25) is 11.9 Å². The molecular formula is C13H25N5O2. The van der Waals surface area contributed by atoms with Crippen molar-refractivity contribution in [3.05, 3.63) is 0 Å². The van der Waals surface area contributed by atoms with Crippen LogP contribution in [-0.4, -0.2) is 47.9 Å². The summed E-state index contributed by atoms with van der Waals surface area (Å²) < 4.78 is 10.7. The average molecular weight is 283 g/mol. The molecule has 0 amide bonds. The van der Waals surface area contributed by atoms with Crippen LogP contribution >= 0.6 is 0 Å². The lowest BCUT2D eigenvalue weighted by molar-refractivity contribution is 0.128. The summed E-state index contributed by atoms with van der Waals surface area (Å²) in [5, 5.41) is 6.26. The van der Waals surface area contributed by atoms with Gasteiger partial charge in [-0.2, -0.15) is 15.0 Å². The second kappa shape index (κ2) is 9.30. The fraction of sp³-hybridized carbons (Fsp3) is 0.769. The summed E-state index contributed by atoms with van der Waals surface area (Å²) in [6.07, 6.45) is 1.99. The molecule has 0 fully saturated rings. The first-order valence-electron chi connectivity index (χ1n) is 7.09. The highest BCUT2D eigenvalue weighted by Gasteiger charge is 2.08. The Labute approximate surface area is 120 Å². The summed E-state index contributed by atoms with van der Waals surface area (Å²) in [5.41, 5.74) is 0. The minimum atomic E-state index is 0.0822. The van der Waals surface area contributed by atoms with Crippen LogP contribution in [-0.2, 0) is 4.74 Å². The molecule has 1 aromatic rings. The fourth-order valence-electron chi connectivity index (χ4n) is 1.33. The predicted molar refractivity (Wildman–Crippen MR) is 79.4 cm³/mol. The maximum atomic E-state index is 5.48. The molecule has 7 heteroatoms. The third-order valence-electron chi connectivity index (χ3n) is 2.53. The molecule has 0 aliphatic heterocycles. The van der Waals surface area contributed by atoms with Gasteiger partial charge in [-0.25, -0.2) is 0 Å². The van der Waals surface area contributed by atoms with Crippen LogP contribution in [0, 0.1) is 0 Å². The molecule has 0 aliphatic rings. The number of nitrogens with one attached hydrogen (secondary N) is 2. The van der Waals surface area contributed by atoms with E-state index in [1.807, 2.05) is 13.8 Å². The Bertz CT molecular complexity index is 363. The lowest BCUT2D eigenvalue weighted by Gasteiger charge is -2.12. The zero-order chi connectivity index (χ0) is 14.8. The van der Waals surface area contributed by atoms with E-state index in [1.54, 1.807) is 7.11 Å². The maximum Gasteiger partial charge on any atom is 0.323 e. The minimum absolute atomic E-state index is 0.0822. The van der Waals surface area contributed by atoms with Crippen LogP contribution in [0.4, 0.5) is 11.9 Å². The first-order valence-corrected chi connectivity index (χ1v) is 7.09. The summed E-state index contributed by atoms with van der Waals surface area (Å²) in [5.74, 6) is 1.02. The number of hydrogen-bond donors (Lipinski definition) is 2. The number of hydrogen-bond acceptors (Lipinski definition) is 7. The van der Waals surface area contributed by atoms with Gasteiger partial charge in [0.1, 0.15) is 0 Å². The normalized spacial score (nSPS) is 12.0. The molecular weight excluding hydrogens is 258 g/mol. The molecule has 0 saturated heterocycles. The SMILES string of the molecule is CCCNc1nc(NCC(C)OC)nc(OCCC)n1. The second-order valence-electron chi connectivity index (χ2n) is 4.47. The largest absolute Gasteiger partial charge is 0.463 e. The van der Waals surface area contributed by atoms with Gasteiger partial charge in [0.15, 0.2) is 0 Å². The number of methoxy groups -OCH3 is 1. The summed E-state index contributed by atoms with van der Waals surface area (Å²) >= 11 is 0. The number of aromatic nitrogens is 3. The molecule has 20 heavy (non-hydrogen) atoms. The molecule has 114 valence electrons. The van der Waals surface area contributed by atoms with Crippen molar-refractivity contribution in [3.63, 3.8) is 0 Å². The van der Waals surface area contributed by atoms with Crippen molar-refractivity contribution in [1.29, 1.82) is 0 Å².